The average molecular weight is 304 g/mol. The summed E-state index contributed by atoms with van der Waals surface area (Å²) in [5.41, 5.74) is 1.05. The molecule has 5 heteroatoms. The van der Waals surface area contributed by atoms with E-state index in [1.54, 1.807) is 37.3 Å². The number of carbonyl (C=O) groups excluding carboxylic acids is 1. The molecule has 1 N–H and O–H groups in total. The predicted molar refractivity (Wildman–Crippen MR) is 71.7 cm³/mol. The standard InChI is InChI=1S/C13H10BrN3O/c1-2-13(18)11-4-3-10(14)5-12(11)17-8-9(6-15)7-16/h3-5,8,17H,2H2,1H3. The average Bonchev–Trinajstić information content (AvgIpc) is 2.39. The maximum Gasteiger partial charge on any atom is 0.164 e. The number of nitrogens with one attached hydrogen (secondary N) is 1. The van der Waals surface area contributed by atoms with Crippen molar-refractivity contribution in [3.8, 4) is 12.1 Å². The smallest absolute Gasteiger partial charge is 0.164 e. The molecule has 0 saturated carbocycles. The zero-order valence-electron chi connectivity index (χ0n) is 9.70. The fourth-order valence-electron chi connectivity index (χ4n) is 1.31. The SMILES string of the molecule is CCC(=O)c1ccc(Br)cc1NC=C(C#N)C#N. The van der Waals surface area contributed by atoms with Crippen LogP contribution in [0.1, 0.15) is 23.7 Å². The van der Waals surface area contributed by atoms with Crippen LogP contribution in [0.3, 0.4) is 0 Å². The second-order valence-electron chi connectivity index (χ2n) is 3.39. The normalized spacial score (nSPS) is 8.89. The molecule has 0 radical (unpaired) electrons. The summed E-state index contributed by atoms with van der Waals surface area (Å²) in [6.07, 6.45) is 1.68. The van der Waals surface area contributed by atoms with Crippen molar-refractivity contribution >= 4 is 27.4 Å². The molecule has 0 aliphatic heterocycles. The first-order chi connectivity index (χ1) is 8.62. The second kappa shape index (κ2) is 6.58. The molecule has 18 heavy (non-hydrogen) atoms. The molecule has 1 rings (SSSR count). The maximum absolute atomic E-state index is 11.7. The Balaban J connectivity index is 3.12. The highest BCUT2D eigenvalue weighted by Gasteiger charge is 2.09. The molecule has 0 fully saturated rings. The number of halogens is 1. The number of anilines is 1. The number of nitrogens with zero attached hydrogens (tertiary/aromatic N) is 2. The summed E-state index contributed by atoms with van der Waals surface area (Å²) in [7, 11) is 0. The molecule has 1 aromatic rings. The van der Waals surface area contributed by atoms with Gasteiger partial charge in [0.2, 0.25) is 0 Å². The third-order valence-corrected chi connectivity index (χ3v) is 2.71. The van der Waals surface area contributed by atoms with E-state index in [1.165, 1.54) is 6.20 Å². The number of rotatable bonds is 4. The van der Waals surface area contributed by atoms with Crippen LogP contribution in [0.5, 0.6) is 0 Å². The third-order valence-electron chi connectivity index (χ3n) is 2.22. The van der Waals surface area contributed by atoms with E-state index in [2.05, 4.69) is 21.2 Å². The van der Waals surface area contributed by atoms with Crippen LogP contribution in [-0.2, 0) is 0 Å². The Morgan fingerprint density at radius 1 is 1.44 bits per heavy atom. The van der Waals surface area contributed by atoms with Gasteiger partial charge in [0.15, 0.2) is 5.78 Å². The summed E-state index contributed by atoms with van der Waals surface area (Å²) in [5, 5.41) is 20.1. The molecule has 0 aromatic heterocycles. The fraction of sp³-hybridized carbons (Fsp3) is 0.154. The molecular formula is C13H10BrN3O. The van der Waals surface area contributed by atoms with Crippen LogP contribution in [0.25, 0.3) is 0 Å². The molecule has 90 valence electrons. The van der Waals surface area contributed by atoms with Crippen molar-refractivity contribution in [1.29, 1.82) is 10.5 Å². The van der Waals surface area contributed by atoms with Crippen LogP contribution in [0.2, 0.25) is 0 Å². The molecule has 0 unspecified atom stereocenters. The zero-order valence-corrected chi connectivity index (χ0v) is 11.3. The van der Waals surface area contributed by atoms with Crippen molar-refractivity contribution in [1.82, 2.24) is 0 Å². The lowest BCUT2D eigenvalue weighted by Crippen LogP contribution is -2.02. The zero-order chi connectivity index (χ0) is 13.5. The summed E-state index contributed by atoms with van der Waals surface area (Å²) in [6.45, 7) is 1.78. The number of hydrogen-bond acceptors (Lipinski definition) is 4. The van der Waals surface area contributed by atoms with Gasteiger partial charge in [0.05, 0.1) is 5.69 Å². The maximum atomic E-state index is 11.7. The van der Waals surface area contributed by atoms with Gasteiger partial charge in [0.1, 0.15) is 17.7 Å². The molecule has 0 bridgehead atoms. The molecule has 1 aromatic carbocycles. The monoisotopic (exact) mass is 303 g/mol. The number of allylic oxidation sites excluding steroid dienone is 1. The van der Waals surface area contributed by atoms with Gasteiger partial charge in [0.25, 0.3) is 0 Å². The molecule has 0 aliphatic rings. The van der Waals surface area contributed by atoms with Crippen molar-refractivity contribution < 1.29 is 4.79 Å². The van der Waals surface area contributed by atoms with E-state index in [-0.39, 0.29) is 11.4 Å². The van der Waals surface area contributed by atoms with Crippen LogP contribution in [0, 0.1) is 22.7 Å². The van der Waals surface area contributed by atoms with Crippen molar-refractivity contribution in [3.05, 3.63) is 40.0 Å². The first-order valence-corrected chi connectivity index (χ1v) is 6.01. The highest BCUT2D eigenvalue weighted by atomic mass is 79.9. The van der Waals surface area contributed by atoms with E-state index < -0.39 is 0 Å². The van der Waals surface area contributed by atoms with Gasteiger partial charge in [-0.1, -0.05) is 22.9 Å². The minimum atomic E-state index is -0.0510. The van der Waals surface area contributed by atoms with Crippen LogP contribution in [0.4, 0.5) is 5.69 Å². The van der Waals surface area contributed by atoms with Gasteiger partial charge in [-0.15, -0.1) is 0 Å². The van der Waals surface area contributed by atoms with E-state index in [9.17, 15) is 4.79 Å². The summed E-state index contributed by atoms with van der Waals surface area (Å²) in [4.78, 5) is 11.7. The summed E-state index contributed by atoms with van der Waals surface area (Å²) in [6, 6.07) is 8.68. The van der Waals surface area contributed by atoms with Gasteiger partial charge in [-0.25, -0.2) is 0 Å². The number of carbonyl (C=O) groups is 1. The lowest BCUT2D eigenvalue weighted by Gasteiger charge is -2.08. The van der Waals surface area contributed by atoms with Crippen molar-refractivity contribution in [3.63, 3.8) is 0 Å². The Labute approximate surface area is 114 Å². The minimum absolute atomic E-state index is 0.00568. The minimum Gasteiger partial charge on any atom is -0.359 e. The first-order valence-electron chi connectivity index (χ1n) is 5.22. The third kappa shape index (κ3) is 3.44. The lowest BCUT2D eigenvalue weighted by molar-refractivity contribution is 0.0989. The van der Waals surface area contributed by atoms with E-state index in [1.807, 2.05) is 0 Å². The molecule has 0 amide bonds. The molecule has 0 atom stereocenters. The van der Waals surface area contributed by atoms with E-state index in [0.717, 1.165) is 4.47 Å². The number of Topliss-reactive ketones (excluding diaryl/α,β-unsaturated/α-hetero) is 1. The molecule has 4 nitrogen and oxygen atoms in total. The van der Waals surface area contributed by atoms with Crippen LogP contribution >= 0.6 is 15.9 Å². The van der Waals surface area contributed by atoms with Gasteiger partial charge in [-0.05, 0) is 18.2 Å². The Morgan fingerprint density at radius 3 is 2.67 bits per heavy atom. The largest absolute Gasteiger partial charge is 0.359 e. The first kappa shape index (κ1) is 14.0. The predicted octanol–water partition coefficient (Wildman–Crippen LogP) is 3.38. The van der Waals surface area contributed by atoms with Crippen LogP contribution in [-0.4, -0.2) is 5.78 Å². The van der Waals surface area contributed by atoms with Gasteiger partial charge < -0.3 is 5.32 Å². The summed E-state index contributed by atoms with van der Waals surface area (Å²) >= 11 is 3.31. The van der Waals surface area contributed by atoms with E-state index in [0.29, 0.717) is 17.7 Å². The summed E-state index contributed by atoms with van der Waals surface area (Å²) in [5.74, 6) is -0.00568. The fourth-order valence-corrected chi connectivity index (χ4v) is 1.67. The van der Waals surface area contributed by atoms with Crippen molar-refractivity contribution in [2.75, 3.05) is 5.32 Å². The molecule has 0 aliphatic carbocycles. The topological polar surface area (TPSA) is 76.7 Å². The number of nitriles is 2. The van der Waals surface area contributed by atoms with E-state index in [4.69, 9.17) is 10.5 Å². The molecule has 0 saturated heterocycles. The highest BCUT2D eigenvalue weighted by molar-refractivity contribution is 9.10. The molecule has 0 spiro atoms. The van der Waals surface area contributed by atoms with Crippen LogP contribution < -0.4 is 5.32 Å². The number of hydrogen-bond donors (Lipinski definition) is 1. The highest BCUT2D eigenvalue weighted by Crippen LogP contribution is 2.23. The summed E-state index contributed by atoms with van der Waals surface area (Å²) < 4.78 is 0.807. The lowest BCUT2D eigenvalue weighted by atomic mass is 10.1. The van der Waals surface area contributed by atoms with Crippen molar-refractivity contribution in [2.45, 2.75) is 13.3 Å². The quantitative estimate of drug-likeness (QED) is 0.683. The van der Waals surface area contributed by atoms with Gasteiger partial charge in [-0.3, -0.25) is 4.79 Å². The van der Waals surface area contributed by atoms with E-state index >= 15 is 0 Å². The van der Waals surface area contributed by atoms with Gasteiger partial charge >= 0.3 is 0 Å². The Morgan fingerprint density at radius 2 is 2.11 bits per heavy atom. The van der Waals surface area contributed by atoms with Crippen LogP contribution in [0.15, 0.2) is 34.4 Å². The second-order valence-corrected chi connectivity index (χ2v) is 4.31. The van der Waals surface area contributed by atoms with Gasteiger partial charge in [0, 0.05) is 22.7 Å². The molecular weight excluding hydrogens is 294 g/mol. The number of ketones is 1. The Kier molecular flexibility index (Phi) is 5.10. The number of benzene rings is 1. The van der Waals surface area contributed by atoms with Gasteiger partial charge in [-0.2, -0.15) is 10.5 Å². The molecule has 0 heterocycles. The Bertz CT molecular complexity index is 563. The van der Waals surface area contributed by atoms with Crippen molar-refractivity contribution in [2.24, 2.45) is 0 Å². The Hall–Kier alpha value is -2.11.